The van der Waals surface area contributed by atoms with Crippen LogP contribution in [-0.4, -0.2) is 30.1 Å². The molecule has 4 heteroatoms. The second-order valence-corrected chi connectivity index (χ2v) is 8.57. The second-order valence-electron chi connectivity index (χ2n) is 8.57. The standard InChI is InChI=1S/C20H30N2O2/c1-18(2,3)20(24-17(21)23,16-8-6-5-7-9-16)19-12-10-15(11-13-19)14-22(19)4/h5-9,15H,10-14H2,1-4H3,(H2,21,23)/t15?,19?,20-/m1/s1. The molecule has 0 unspecified atom stereocenters. The molecule has 0 spiro atoms. The zero-order valence-electron chi connectivity index (χ0n) is 15.3. The molecule has 2 saturated heterocycles. The Kier molecular flexibility index (Phi) is 4.15. The van der Waals surface area contributed by atoms with E-state index in [0.717, 1.165) is 30.9 Å². The van der Waals surface area contributed by atoms with Gasteiger partial charge in [0.05, 0.1) is 5.54 Å². The van der Waals surface area contributed by atoms with Crippen molar-refractivity contribution in [1.29, 1.82) is 0 Å². The zero-order chi connectivity index (χ0) is 17.6. The summed E-state index contributed by atoms with van der Waals surface area (Å²) in [6.07, 6.45) is 3.76. The molecule has 1 aliphatic carbocycles. The number of benzene rings is 1. The van der Waals surface area contributed by atoms with Gasteiger partial charge in [-0.25, -0.2) is 4.79 Å². The van der Waals surface area contributed by atoms with Crippen LogP contribution in [0.2, 0.25) is 0 Å². The highest BCUT2D eigenvalue weighted by Gasteiger charge is 2.65. The van der Waals surface area contributed by atoms with Crippen LogP contribution in [-0.2, 0) is 10.3 Å². The lowest BCUT2D eigenvalue weighted by atomic mass is 9.53. The Morgan fingerprint density at radius 1 is 1.21 bits per heavy atom. The minimum Gasteiger partial charge on any atom is -0.436 e. The van der Waals surface area contributed by atoms with Crippen molar-refractivity contribution in [3.63, 3.8) is 0 Å². The van der Waals surface area contributed by atoms with Crippen molar-refractivity contribution in [2.24, 2.45) is 17.1 Å². The SMILES string of the molecule is CN1CC2CCC1([C@@](OC(N)=O)(c1ccccc1)C(C)(C)C)CC2. The highest BCUT2D eigenvalue weighted by Crippen LogP contribution is 2.60. The Bertz CT molecular complexity index is 600. The van der Waals surface area contributed by atoms with E-state index in [-0.39, 0.29) is 11.0 Å². The molecule has 2 N–H and O–H groups in total. The van der Waals surface area contributed by atoms with Crippen molar-refractivity contribution in [2.45, 2.75) is 57.6 Å². The van der Waals surface area contributed by atoms with Crippen LogP contribution < -0.4 is 5.73 Å². The molecule has 1 atom stereocenters. The van der Waals surface area contributed by atoms with Crippen molar-refractivity contribution in [3.05, 3.63) is 35.9 Å². The number of likely N-dealkylation sites (N-methyl/N-ethyl adjacent to an activating group) is 1. The second kappa shape index (κ2) is 5.76. The topological polar surface area (TPSA) is 55.6 Å². The van der Waals surface area contributed by atoms with Crippen LogP contribution in [0.25, 0.3) is 0 Å². The summed E-state index contributed by atoms with van der Waals surface area (Å²) in [5, 5.41) is 0. The Labute approximate surface area is 145 Å². The predicted octanol–water partition coefficient (Wildman–Crippen LogP) is 3.90. The van der Waals surface area contributed by atoms with Gasteiger partial charge in [0.15, 0.2) is 5.60 Å². The Morgan fingerprint density at radius 2 is 1.79 bits per heavy atom. The monoisotopic (exact) mass is 330 g/mol. The van der Waals surface area contributed by atoms with Gasteiger partial charge in [0.2, 0.25) is 0 Å². The molecule has 2 heterocycles. The number of amides is 1. The van der Waals surface area contributed by atoms with Gasteiger partial charge < -0.3 is 10.5 Å². The molecule has 4 nitrogen and oxygen atoms in total. The van der Waals surface area contributed by atoms with E-state index in [1.807, 2.05) is 18.2 Å². The first-order valence-corrected chi connectivity index (χ1v) is 8.98. The molecule has 24 heavy (non-hydrogen) atoms. The largest absolute Gasteiger partial charge is 0.436 e. The lowest BCUT2D eigenvalue weighted by molar-refractivity contribution is -0.210. The van der Waals surface area contributed by atoms with Gasteiger partial charge in [0.1, 0.15) is 0 Å². The van der Waals surface area contributed by atoms with Gasteiger partial charge in [-0.1, -0.05) is 51.1 Å². The zero-order valence-corrected chi connectivity index (χ0v) is 15.3. The fourth-order valence-corrected chi connectivity index (χ4v) is 5.43. The molecule has 1 amide bonds. The third-order valence-corrected chi connectivity index (χ3v) is 6.34. The minimum atomic E-state index is -0.771. The molecular weight excluding hydrogens is 300 g/mol. The summed E-state index contributed by atoms with van der Waals surface area (Å²) in [6.45, 7) is 7.54. The van der Waals surface area contributed by atoms with Gasteiger partial charge >= 0.3 is 6.09 Å². The first-order valence-electron chi connectivity index (χ1n) is 8.98. The van der Waals surface area contributed by atoms with Crippen LogP contribution in [0.15, 0.2) is 30.3 Å². The van der Waals surface area contributed by atoms with Crippen LogP contribution in [0.3, 0.4) is 0 Å². The number of primary amides is 1. The van der Waals surface area contributed by atoms with Gasteiger partial charge in [-0.15, -0.1) is 0 Å². The molecule has 1 aromatic carbocycles. The van der Waals surface area contributed by atoms with E-state index < -0.39 is 11.7 Å². The first-order chi connectivity index (χ1) is 11.2. The van der Waals surface area contributed by atoms with Gasteiger partial charge in [0.25, 0.3) is 0 Å². The molecule has 132 valence electrons. The maximum absolute atomic E-state index is 12.0. The Balaban J connectivity index is 2.26. The van der Waals surface area contributed by atoms with E-state index >= 15 is 0 Å². The van der Waals surface area contributed by atoms with E-state index in [2.05, 4.69) is 44.9 Å². The van der Waals surface area contributed by atoms with E-state index in [0.29, 0.717) is 0 Å². The summed E-state index contributed by atoms with van der Waals surface area (Å²) in [7, 11) is 2.18. The van der Waals surface area contributed by atoms with Crippen molar-refractivity contribution in [2.75, 3.05) is 13.6 Å². The summed E-state index contributed by atoms with van der Waals surface area (Å²) in [6, 6.07) is 10.2. The Morgan fingerprint density at radius 3 is 2.25 bits per heavy atom. The summed E-state index contributed by atoms with van der Waals surface area (Å²) in [5.74, 6) is 0.763. The summed E-state index contributed by atoms with van der Waals surface area (Å²) in [5.41, 5.74) is 5.38. The minimum absolute atomic E-state index is 0.212. The number of hydrogen-bond donors (Lipinski definition) is 1. The van der Waals surface area contributed by atoms with Gasteiger partial charge in [-0.05, 0) is 44.2 Å². The van der Waals surface area contributed by atoms with Gasteiger partial charge in [-0.3, -0.25) is 4.90 Å². The summed E-state index contributed by atoms with van der Waals surface area (Å²) < 4.78 is 6.11. The van der Waals surface area contributed by atoms with Crippen molar-refractivity contribution < 1.29 is 9.53 Å². The number of piperidine rings is 2. The number of hydrogen-bond acceptors (Lipinski definition) is 3. The van der Waals surface area contributed by atoms with Crippen LogP contribution in [0.4, 0.5) is 4.79 Å². The average molecular weight is 330 g/mol. The molecule has 1 saturated carbocycles. The number of fused-ring (bicyclic) bond motifs is 3. The smallest absolute Gasteiger partial charge is 0.405 e. The number of rotatable bonds is 3. The van der Waals surface area contributed by atoms with Crippen LogP contribution in [0.5, 0.6) is 0 Å². The fraction of sp³-hybridized carbons (Fsp3) is 0.650. The van der Waals surface area contributed by atoms with Gasteiger partial charge in [-0.2, -0.15) is 0 Å². The number of carbonyl (C=O) groups is 1. The predicted molar refractivity (Wildman–Crippen MR) is 95.6 cm³/mol. The normalized spacial score (nSPS) is 29.9. The quantitative estimate of drug-likeness (QED) is 0.914. The number of carbonyl (C=O) groups excluding carboxylic acids is 1. The van der Waals surface area contributed by atoms with Gasteiger partial charge in [0, 0.05) is 12.0 Å². The van der Waals surface area contributed by atoms with Crippen molar-refractivity contribution in [3.8, 4) is 0 Å². The Hall–Kier alpha value is -1.55. The number of nitrogens with two attached hydrogens (primary N) is 1. The summed E-state index contributed by atoms with van der Waals surface area (Å²) >= 11 is 0. The lowest BCUT2D eigenvalue weighted by Crippen LogP contribution is -2.72. The van der Waals surface area contributed by atoms with Crippen LogP contribution in [0, 0.1) is 11.3 Å². The van der Waals surface area contributed by atoms with Crippen molar-refractivity contribution >= 4 is 6.09 Å². The maximum Gasteiger partial charge on any atom is 0.405 e. The first kappa shape index (κ1) is 17.3. The van der Waals surface area contributed by atoms with E-state index in [4.69, 9.17) is 10.5 Å². The molecule has 3 fully saturated rings. The molecule has 0 aromatic heterocycles. The van der Waals surface area contributed by atoms with Crippen LogP contribution >= 0.6 is 0 Å². The van der Waals surface area contributed by atoms with Crippen LogP contribution in [0.1, 0.15) is 52.0 Å². The molecule has 4 rings (SSSR count). The molecular formula is C20H30N2O2. The molecule has 2 bridgehead atoms. The van der Waals surface area contributed by atoms with E-state index in [9.17, 15) is 4.79 Å². The van der Waals surface area contributed by atoms with E-state index in [1.54, 1.807) is 0 Å². The maximum atomic E-state index is 12.0. The molecule has 3 aliphatic rings. The number of nitrogens with zero attached hydrogens (tertiary/aromatic N) is 1. The average Bonchev–Trinajstić information content (AvgIpc) is 2.53. The molecule has 1 aromatic rings. The fourth-order valence-electron chi connectivity index (χ4n) is 5.43. The third kappa shape index (κ3) is 2.34. The third-order valence-electron chi connectivity index (χ3n) is 6.34. The summed E-state index contributed by atoms with van der Waals surface area (Å²) in [4.78, 5) is 14.5. The highest BCUT2D eigenvalue weighted by atomic mass is 16.6. The number of ether oxygens (including phenoxy) is 1. The lowest BCUT2D eigenvalue weighted by Gasteiger charge is -2.64. The molecule has 2 aliphatic heterocycles. The highest BCUT2D eigenvalue weighted by molar-refractivity contribution is 5.66. The molecule has 0 radical (unpaired) electrons. The van der Waals surface area contributed by atoms with Crippen molar-refractivity contribution in [1.82, 2.24) is 4.90 Å². The van der Waals surface area contributed by atoms with E-state index in [1.165, 1.54) is 12.8 Å².